The van der Waals surface area contributed by atoms with Crippen LogP contribution in [0, 0.1) is 18.3 Å². The summed E-state index contributed by atoms with van der Waals surface area (Å²) in [5, 5.41) is 8.73. The smallest absolute Gasteiger partial charge is 0.253 e. The summed E-state index contributed by atoms with van der Waals surface area (Å²) in [6, 6.07) is 7.75. The van der Waals surface area contributed by atoms with Crippen molar-refractivity contribution in [3.63, 3.8) is 0 Å². The van der Waals surface area contributed by atoms with Gasteiger partial charge in [0.15, 0.2) is 0 Å². The molecule has 1 amide bonds. The van der Waals surface area contributed by atoms with Gasteiger partial charge in [0.05, 0.1) is 37.9 Å². The Kier molecular flexibility index (Phi) is 4.03. The van der Waals surface area contributed by atoms with Crippen molar-refractivity contribution in [2.24, 2.45) is 0 Å². The lowest BCUT2D eigenvalue weighted by Gasteiger charge is -2.32. The maximum absolute atomic E-state index is 12.0. The molecule has 1 aromatic carbocycles. The fourth-order valence-corrected chi connectivity index (χ4v) is 2.09. The van der Waals surface area contributed by atoms with E-state index in [4.69, 9.17) is 14.7 Å². The van der Waals surface area contributed by atoms with Gasteiger partial charge in [-0.1, -0.05) is 6.07 Å². The van der Waals surface area contributed by atoms with Crippen molar-refractivity contribution < 1.29 is 14.3 Å². The van der Waals surface area contributed by atoms with Crippen molar-refractivity contribution in [2.75, 3.05) is 25.2 Å². The van der Waals surface area contributed by atoms with E-state index in [-0.39, 0.29) is 25.0 Å². The number of morpholine rings is 1. The average molecular weight is 260 g/mol. The Bertz CT molecular complexity index is 522. The molecule has 1 aromatic rings. The van der Waals surface area contributed by atoms with Crippen LogP contribution in [0.2, 0.25) is 0 Å². The third-order valence-corrected chi connectivity index (χ3v) is 3.07. The topological polar surface area (TPSA) is 62.6 Å². The van der Waals surface area contributed by atoms with E-state index in [1.165, 1.54) is 0 Å². The Morgan fingerprint density at radius 2 is 2.37 bits per heavy atom. The number of amides is 1. The molecule has 1 saturated heterocycles. The molecule has 19 heavy (non-hydrogen) atoms. The van der Waals surface area contributed by atoms with Crippen LogP contribution in [0.25, 0.3) is 0 Å². The number of anilines is 1. The summed E-state index contributed by atoms with van der Waals surface area (Å²) in [5.41, 5.74) is 1.78. The van der Waals surface area contributed by atoms with Gasteiger partial charge < -0.3 is 14.4 Å². The largest absolute Gasteiger partial charge is 0.495 e. The second-order valence-corrected chi connectivity index (χ2v) is 4.47. The van der Waals surface area contributed by atoms with Gasteiger partial charge in [-0.15, -0.1) is 0 Å². The van der Waals surface area contributed by atoms with Crippen LogP contribution in [0.1, 0.15) is 12.0 Å². The number of methoxy groups -OCH3 is 1. The normalized spacial score (nSPS) is 19.1. The minimum absolute atomic E-state index is 0.00342. The van der Waals surface area contributed by atoms with Gasteiger partial charge in [0.2, 0.25) is 0 Å². The number of hydrogen-bond donors (Lipinski definition) is 0. The van der Waals surface area contributed by atoms with Crippen molar-refractivity contribution >= 4 is 11.6 Å². The van der Waals surface area contributed by atoms with Crippen molar-refractivity contribution in [1.82, 2.24) is 0 Å². The first-order valence-corrected chi connectivity index (χ1v) is 6.09. The molecule has 1 unspecified atom stereocenters. The molecule has 1 atom stereocenters. The zero-order chi connectivity index (χ0) is 13.8. The molecule has 0 aliphatic carbocycles. The molecule has 0 bridgehead atoms. The lowest BCUT2D eigenvalue weighted by atomic mass is 10.1. The van der Waals surface area contributed by atoms with Crippen LogP contribution in [0.4, 0.5) is 5.69 Å². The molecule has 0 aromatic heterocycles. The van der Waals surface area contributed by atoms with Crippen molar-refractivity contribution in [3.8, 4) is 11.8 Å². The van der Waals surface area contributed by atoms with E-state index in [0.717, 1.165) is 11.3 Å². The molecule has 5 heteroatoms. The van der Waals surface area contributed by atoms with Crippen LogP contribution in [-0.2, 0) is 9.53 Å². The predicted molar refractivity (Wildman–Crippen MR) is 70.1 cm³/mol. The van der Waals surface area contributed by atoms with Gasteiger partial charge >= 0.3 is 0 Å². The Morgan fingerprint density at radius 3 is 3.05 bits per heavy atom. The maximum atomic E-state index is 12.0. The Labute approximate surface area is 112 Å². The summed E-state index contributed by atoms with van der Waals surface area (Å²) in [6.07, 6.45) is 0.0330. The van der Waals surface area contributed by atoms with Gasteiger partial charge in [0.1, 0.15) is 12.4 Å². The summed E-state index contributed by atoms with van der Waals surface area (Å²) in [7, 11) is 1.58. The second-order valence-electron chi connectivity index (χ2n) is 4.47. The highest BCUT2D eigenvalue weighted by Crippen LogP contribution is 2.31. The number of rotatable bonds is 3. The van der Waals surface area contributed by atoms with E-state index in [1.54, 1.807) is 12.0 Å². The summed E-state index contributed by atoms with van der Waals surface area (Å²) in [4.78, 5) is 13.6. The van der Waals surface area contributed by atoms with Crippen LogP contribution in [0.15, 0.2) is 18.2 Å². The van der Waals surface area contributed by atoms with Crippen molar-refractivity contribution in [1.29, 1.82) is 5.26 Å². The van der Waals surface area contributed by atoms with E-state index in [1.807, 2.05) is 25.1 Å². The van der Waals surface area contributed by atoms with Crippen molar-refractivity contribution in [3.05, 3.63) is 23.8 Å². The molecule has 2 rings (SSSR count). The first-order valence-electron chi connectivity index (χ1n) is 6.09. The lowest BCUT2D eigenvalue weighted by Crippen LogP contribution is -2.46. The standard InChI is InChI=1S/C14H16N2O3/c1-10-3-4-13(18-2)12(7-10)16-8-11(5-6-15)19-9-14(16)17/h3-4,7,11H,5,8-9H2,1-2H3. The number of carbonyl (C=O) groups excluding carboxylic acids is 1. The first-order chi connectivity index (χ1) is 9.15. The average Bonchev–Trinajstić information content (AvgIpc) is 2.41. The van der Waals surface area contributed by atoms with Gasteiger partial charge in [0, 0.05) is 0 Å². The lowest BCUT2D eigenvalue weighted by molar-refractivity contribution is -0.129. The molecule has 0 radical (unpaired) electrons. The molecular formula is C14H16N2O3. The molecule has 0 spiro atoms. The molecule has 0 N–H and O–H groups in total. The number of hydrogen-bond acceptors (Lipinski definition) is 4. The molecular weight excluding hydrogens is 244 g/mol. The Balaban J connectivity index is 2.30. The monoisotopic (exact) mass is 260 g/mol. The first kappa shape index (κ1) is 13.4. The van der Waals surface area contributed by atoms with E-state index in [0.29, 0.717) is 12.3 Å². The third kappa shape index (κ3) is 2.85. The number of carbonyl (C=O) groups is 1. The van der Waals surface area contributed by atoms with Crippen LogP contribution >= 0.6 is 0 Å². The number of aryl methyl sites for hydroxylation is 1. The zero-order valence-corrected chi connectivity index (χ0v) is 11.0. The fraction of sp³-hybridized carbons (Fsp3) is 0.429. The summed E-state index contributed by atoms with van der Waals surface area (Å²) < 4.78 is 10.6. The van der Waals surface area contributed by atoms with Gasteiger partial charge in [-0.05, 0) is 24.6 Å². The molecule has 1 aliphatic heterocycles. The Hall–Kier alpha value is -2.06. The zero-order valence-electron chi connectivity index (χ0n) is 11.0. The van der Waals surface area contributed by atoms with Crippen LogP contribution in [-0.4, -0.2) is 32.3 Å². The highest BCUT2D eigenvalue weighted by Gasteiger charge is 2.29. The maximum Gasteiger partial charge on any atom is 0.253 e. The minimum Gasteiger partial charge on any atom is -0.495 e. The highest BCUT2D eigenvalue weighted by molar-refractivity contribution is 5.96. The molecule has 100 valence electrons. The quantitative estimate of drug-likeness (QED) is 0.829. The molecule has 0 saturated carbocycles. The van der Waals surface area contributed by atoms with E-state index >= 15 is 0 Å². The molecule has 1 aliphatic rings. The van der Waals surface area contributed by atoms with Gasteiger partial charge in [-0.2, -0.15) is 5.26 Å². The molecule has 5 nitrogen and oxygen atoms in total. The van der Waals surface area contributed by atoms with Crippen LogP contribution in [0.3, 0.4) is 0 Å². The third-order valence-electron chi connectivity index (χ3n) is 3.07. The van der Waals surface area contributed by atoms with Crippen molar-refractivity contribution in [2.45, 2.75) is 19.4 Å². The number of ether oxygens (including phenoxy) is 2. The van der Waals surface area contributed by atoms with E-state index < -0.39 is 0 Å². The van der Waals surface area contributed by atoms with E-state index in [2.05, 4.69) is 6.07 Å². The minimum atomic E-state index is -0.243. The molecule has 1 heterocycles. The number of nitriles is 1. The van der Waals surface area contributed by atoms with Crippen LogP contribution < -0.4 is 9.64 Å². The highest BCUT2D eigenvalue weighted by atomic mass is 16.5. The molecule has 1 fully saturated rings. The fourth-order valence-electron chi connectivity index (χ4n) is 2.09. The second kappa shape index (κ2) is 5.72. The van der Waals surface area contributed by atoms with Gasteiger partial charge in [-0.25, -0.2) is 0 Å². The Morgan fingerprint density at radius 1 is 1.58 bits per heavy atom. The van der Waals surface area contributed by atoms with Gasteiger partial charge in [0.25, 0.3) is 5.91 Å². The SMILES string of the molecule is COc1ccc(C)cc1N1CC(CC#N)OCC1=O. The summed E-state index contributed by atoms with van der Waals surface area (Å²) >= 11 is 0. The van der Waals surface area contributed by atoms with E-state index in [9.17, 15) is 4.79 Å². The van der Waals surface area contributed by atoms with Gasteiger partial charge in [-0.3, -0.25) is 4.79 Å². The number of benzene rings is 1. The predicted octanol–water partition coefficient (Wildman–Crippen LogP) is 1.65. The van der Waals surface area contributed by atoms with Crippen LogP contribution in [0.5, 0.6) is 5.75 Å². The number of nitrogens with zero attached hydrogens (tertiary/aromatic N) is 2. The summed E-state index contributed by atoms with van der Waals surface area (Å²) in [6.45, 7) is 2.34. The summed E-state index contributed by atoms with van der Waals surface area (Å²) in [5.74, 6) is 0.537.